The van der Waals surface area contributed by atoms with Crippen LogP contribution in [0.1, 0.15) is 5.56 Å². The van der Waals surface area contributed by atoms with Crippen molar-refractivity contribution < 1.29 is 14.3 Å². The second kappa shape index (κ2) is 9.08. The van der Waals surface area contributed by atoms with Gasteiger partial charge in [0.05, 0.1) is 17.2 Å². The Balaban J connectivity index is 1.89. The summed E-state index contributed by atoms with van der Waals surface area (Å²) in [4.78, 5) is 28.2. The molecule has 0 saturated heterocycles. The van der Waals surface area contributed by atoms with Gasteiger partial charge in [0, 0.05) is 23.6 Å². The highest BCUT2D eigenvalue weighted by Crippen LogP contribution is 2.42. The van der Waals surface area contributed by atoms with E-state index >= 15 is 0 Å². The Morgan fingerprint density at radius 1 is 1.22 bits per heavy atom. The maximum absolute atomic E-state index is 13.1. The van der Waals surface area contributed by atoms with Crippen molar-refractivity contribution in [2.75, 3.05) is 31.7 Å². The van der Waals surface area contributed by atoms with Gasteiger partial charge in [-0.1, -0.05) is 53.7 Å². The molecule has 27 heavy (non-hydrogen) atoms. The predicted molar refractivity (Wildman–Crippen MR) is 109 cm³/mol. The lowest BCUT2D eigenvalue weighted by molar-refractivity contribution is -0.122. The van der Waals surface area contributed by atoms with E-state index in [1.54, 1.807) is 19.3 Å². The third kappa shape index (κ3) is 4.71. The van der Waals surface area contributed by atoms with Crippen LogP contribution >= 0.6 is 23.4 Å². The van der Waals surface area contributed by atoms with E-state index in [4.69, 9.17) is 16.3 Å². The van der Waals surface area contributed by atoms with E-state index in [-0.39, 0.29) is 18.4 Å². The third-order valence-electron chi connectivity index (χ3n) is 3.95. The summed E-state index contributed by atoms with van der Waals surface area (Å²) in [6.45, 7) is 0.764. The summed E-state index contributed by atoms with van der Waals surface area (Å²) in [5.74, 6) is -0.459. The Kier molecular flexibility index (Phi) is 6.55. The second-order valence-corrected chi connectivity index (χ2v) is 7.32. The van der Waals surface area contributed by atoms with Gasteiger partial charge in [-0.05, 0) is 29.8 Å². The van der Waals surface area contributed by atoms with E-state index in [0.717, 1.165) is 16.1 Å². The van der Waals surface area contributed by atoms with Crippen molar-refractivity contribution in [1.82, 2.24) is 5.32 Å². The lowest BCUT2D eigenvalue weighted by Crippen LogP contribution is -2.43. The molecule has 1 heterocycles. The number of nitrogens with zero attached hydrogens (tertiary/aromatic N) is 1. The fourth-order valence-electron chi connectivity index (χ4n) is 2.64. The fourth-order valence-corrected chi connectivity index (χ4v) is 3.88. The van der Waals surface area contributed by atoms with Crippen LogP contribution in [-0.2, 0) is 14.3 Å². The van der Waals surface area contributed by atoms with Gasteiger partial charge in [-0.25, -0.2) is 0 Å². The molecule has 2 aromatic carbocycles. The highest BCUT2D eigenvalue weighted by Gasteiger charge is 2.30. The number of amides is 2. The summed E-state index contributed by atoms with van der Waals surface area (Å²) in [7, 11) is 1.57. The highest BCUT2D eigenvalue weighted by atomic mass is 35.5. The number of hydrogen-bond acceptors (Lipinski definition) is 4. The molecule has 0 radical (unpaired) electrons. The van der Waals surface area contributed by atoms with E-state index < -0.39 is 0 Å². The number of methoxy groups -OCH3 is 1. The molecule has 0 aromatic heterocycles. The number of carbonyl (C=O) groups excluding carboxylic acids is 2. The number of ether oxygens (including phenoxy) is 1. The van der Waals surface area contributed by atoms with E-state index in [1.165, 1.54) is 16.7 Å². The third-order valence-corrected chi connectivity index (χ3v) is 5.38. The van der Waals surface area contributed by atoms with Crippen molar-refractivity contribution >= 4 is 46.9 Å². The molecular weight excluding hydrogens is 384 g/mol. The first-order chi connectivity index (χ1) is 13.1. The zero-order valence-electron chi connectivity index (χ0n) is 14.8. The van der Waals surface area contributed by atoms with Gasteiger partial charge in [-0.15, -0.1) is 0 Å². The molecular formula is C20H19ClN2O3S. The van der Waals surface area contributed by atoms with Gasteiger partial charge in [0.2, 0.25) is 5.91 Å². The normalized spacial score (nSPS) is 15.0. The van der Waals surface area contributed by atoms with Gasteiger partial charge in [0.15, 0.2) is 0 Å². The van der Waals surface area contributed by atoms with Crippen LogP contribution in [-0.4, -0.2) is 38.6 Å². The van der Waals surface area contributed by atoms with Gasteiger partial charge in [-0.3, -0.25) is 14.5 Å². The number of rotatable bonds is 6. The van der Waals surface area contributed by atoms with E-state index in [0.29, 0.717) is 23.1 Å². The number of halogens is 1. The van der Waals surface area contributed by atoms with Crippen LogP contribution in [0.25, 0.3) is 6.08 Å². The second-order valence-electron chi connectivity index (χ2n) is 5.83. The van der Waals surface area contributed by atoms with Gasteiger partial charge >= 0.3 is 0 Å². The average Bonchev–Trinajstić information content (AvgIpc) is 2.67. The molecule has 1 N–H and O–H groups in total. The molecule has 3 rings (SSSR count). The lowest BCUT2D eigenvalue weighted by Gasteiger charge is -2.29. The number of anilines is 1. The molecule has 0 spiro atoms. The van der Waals surface area contributed by atoms with Crippen molar-refractivity contribution in [2.45, 2.75) is 4.90 Å². The monoisotopic (exact) mass is 402 g/mol. The summed E-state index contributed by atoms with van der Waals surface area (Å²) in [6.07, 6.45) is 1.76. The maximum atomic E-state index is 13.1. The molecule has 140 valence electrons. The summed E-state index contributed by atoms with van der Waals surface area (Å²) < 4.78 is 4.93. The quantitative estimate of drug-likeness (QED) is 0.592. The first kappa shape index (κ1) is 19.5. The standard InChI is InChI=1S/C20H19ClN2O3S/c1-26-11-10-22-19(24)13-23-16-8-4-5-9-17(16)27-18(20(23)25)12-14-6-2-3-7-15(14)21/h2-9,12H,10-11,13H2,1H3,(H,22,24)/b18-12+. The smallest absolute Gasteiger partial charge is 0.265 e. The molecule has 1 aliphatic rings. The summed E-state index contributed by atoms with van der Waals surface area (Å²) in [5, 5.41) is 3.32. The zero-order chi connectivity index (χ0) is 19.2. The van der Waals surface area contributed by atoms with Crippen molar-refractivity contribution in [3.63, 3.8) is 0 Å². The SMILES string of the molecule is COCCNC(=O)CN1C(=O)/C(=C\c2ccccc2Cl)Sc2ccccc21. The number of nitrogens with one attached hydrogen (secondary N) is 1. The Morgan fingerprint density at radius 3 is 2.74 bits per heavy atom. The Morgan fingerprint density at radius 2 is 1.96 bits per heavy atom. The highest BCUT2D eigenvalue weighted by molar-refractivity contribution is 8.04. The molecule has 2 aromatic rings. The number of para-hydroxylation sites is 1. The van der Waals surface area contributed by atoms with Crippen molar-refractivity contribution in [1.29, 1.82) is 0 Å². The molecule has 0 fully saturated rings. The van der Waals surface area contributed by atoms with E-state index in [2.05, 4.69) is 5.32 Å². The van der Waals surface area contributed by atoms with E-state index in [1.807, 2.05) is 42.5 Å². The number of carbonyl (C=O) groups is 2. The molecule has 0 unspecified atom stereocenters. The lowest BCUT2D eigenvalue weighted by atomic mass is 10.2. The first-order valence-corrected chi connectivity index (χ1v) is 9.60. The molecule has 2 amide bonds. The predicted octanol–water partition coefficient (Wildman–Crippen LogP) is 3.58. The molecule has 0 bridgehead atoms. The Labute approximate surface area is 167 Å². The van der Waals surface area contributed by atoms with Gasteiger partial charge < -0.3 is 10.1 Å². The van der Waals surface area contributed by atoms with Crippen LogP contribution in [0.15, 0.2) is 58.3 Å². The maximum Gasteiger partial charge on any atom is 0.265 e. The van der Waals surface area contributed by atoms with Crippen LogP contribution in [0.5, 0.6) is 0 Å². The summed E-state index contributed by atoms with van der Waals surface area (Å²) in [6, 6.07) is 14.9. The molecule has 0 aliphatic carbocycles. The number of thioether (sulfide) groups is 1. The van der Waals surface area contributed by atoms with Crippen molar-refractivity contribution in [3.8, 4) is 0 Å². The number of fused-ring (bicyclic) bond motifs is 1. The van der Waals surface area contributed by atoms with Crippen molar-refractivity contribution in [2.24, 2.45) is 0 Å². The average molecular weight is 403 g/mol. The van der Waals surface area contributed by atoms with Gasteiger partial charge in [0.25, 0.3) is 5.91 Å². The van der Waals surface area contributed by atoms with E-state index in [9.17, 15) is 9.59 Å². The Bertz CT molecular complexity index is 885. The van der Waals surface area contributed by atoms with Gasteiger partial charge in [0.1, 0.15) is 6.54 Å². The Hall–Kier alpha value is -2.28. The van der Waals surface area contributed by atoms with Crippen LogP contribution < -0.4 is 10.2 Å². The molecule has 5 nitrogen and oxygen atoms in total. The minimum atomic E-state index is -0.237. The molecule has 0 atom stereocenters. The molecule has 7 heteroatoms. The van der Waals surface area contributed by atoms with Crippen LogP contribution in [0.2, 0.25) is 5.02 Å². The van der Waals surface area contributed by atoms with Gasteiger partial charge in [-0.2, -0.15) is 0 Å². The van der Waals surface area contributed by atoms with Crippen molar-refractivity contribution in [3.05, 3.63) is 64.0 Å². The minimum Gasteiger partial charge on any atom is -0.383 e. The largest absolute Gasteiger partial charge is 0.383 e. The molecule has 1 aliphatic heterocycles. The van der Waals surface area contributed by atoms with Crippen LogP contribution in [0, 0.1) is 0 Å². The number of hydrogen-bond donors (Lipinski definition) is 1. The summed E-state index contributed by atoms with van der Waals surface area (Å²) in [5.41, 5.74) is 1.49. The fraction of sp³-hybridized carbons (Fsp3) is 0.200. The van der Waals surface area contributed by atoms with Crippen LogP contribution in [0.3, 0.4) is 0 Å². The minimum absolute atomic E-state index is 0.0556. The topological polar surface area (TPSA) is 58.6 Å². The summed E-state index contributed by atoms with van der Waals surface area (Å²) >= 11 is 7.61. The number of benzene rings is 2. The molecule has 0 saturated carbocycles. The zero-order valence-corrected chi connectivity index (χ0v) is 16.3. The first-order valence-electron chi connectivity index (χ1n) is 8.41. The van der Waals surface area contributed by atoms with Crippen LogP contribution in [0.4, 0.5) is 5.69 Å².